The van der Waals surface area contributed by atoms with Gasteiger partial charge in [0, 0.05) is 26.2 Å². The Bertz CT molecular complexity index is 383. The molecule has 1 aromatic rings. The van der Waals surface area contributed by atoms with Gasteiger partial charge in [0.25, 0.3) is 0 Å². The molecule has 1 aliphatic heterocycles. The second kappa shape index (κ2) is 6.71. The van der Waals surface area contributed by atoms with Crippen molar-refractivity contribution in [3.63, 3.8) is 0 Å². The maximum atomic E-state index is 9.21. The molecule has 18 heavy (non-hydrogen) atoms. The lowest BCUT2D eigenvalue weighted by Crippen LogP contribution is -2.45. The van der Waals surface area contributed by atoms with Gasteiger partial charge in [0.05, 0.1) is 0 Å². The Morgan fingerprint density at radius 2 is 2.17 bits per heavy atom. The second-order valence-electron chi connectivity index (χ2n) is 4.78. The van der Waals surface area contributed by atoms with Crippen molar-refractivity contribution in [1.82, 2.24) is 10.2 Å². The third-order valence-electron chi connectivity index (χ3n) is 3.35. The Balaban J connectivity index is 1.81. The lowest BCUT2D eigenvalue weighted by Gasteiger charge is -2.33. The zero-order valence-electron chi connectivity index (χ0n) is 10.5. The van der Waals surface area contributed by atoms with E-state index >= 15 is 0 Å². The first-order chi connectivity index (χ1) is 8.79. The maximum absolute atomic E-state index is 9.21. The molecule has 0 radical (unpaired) electrons. The molecule has 1 aliphatic rings. The Labute approximate surface area is 114 Å². The third-order valence-corrected chi connectivity index (χ3v) is 3.75. The molecule has 98 valence electrons. The quantitative estimate of drug-likeness (QED) is 0.816. The van der Waals surface area contributed by atoms with Gasteiger partial charge in [-0.3, -0.25) is 0 Å². The van der Waals surface area contributed by atoms with Crippen molar-refractivity contribution in [3.05, 3.63) is 35.9 Å². The number of benzene rings is 1. The predicted octanol–water partition coefficient (Wildman–Crippen LogP) is 1.77. The fourth-order valence-corrected chi connectivity index (χ4v) is 2.52. The molecule has 1 aromatic carbocycles. The molecular weight excluding hydrogens is 244 g/mol. The largest absolute Gasteiger partial charge is 0.396 e. The van der Waals surface area contributed by atoms with Crippen LogP contribution in [0.4, 0.5) is 0 Å². The Morgan fingerprint density at radius 1 is 1.39 bits per heavy atom. The van der Waals surface area contributed by atoms with Gasteiger partial charge in [-0.25, -0.2) is 0 Å². The highest BCUT2D eigenvalue weighted by atomic mass is 32.1. The van der Waals surface area contributed by atoms with Gasteiger partial charge in [-0.15, -0.1) is 0 Å². The van der Waals surface area contributed by atoms with Gasteiger partial charge in [-0.2, -0.15) is 0 Å². The van der Waals surface area contributed by atoms with E-state index in [4.69, 9.17) is 12.2 Å². The Hall–Kier alpha value is -1.13. The summed E-state index contributed by atoms with van der Waals surface area (Å²) in [5.74, 6) is 0.371. The highest BCUT2D eigenvalue weighted by Crippen LogP contribution is 2.15. The number of hydrogen-bond acceptors (Lipinski definition) is 2. The molecule has 1 saturated heterocycles. The summed E-state index contributed by atoms with van der Waals surface area (Å²) in [5, 5.41) is 13.3. The Morgan fingerprint density at radius 3 is 2.89 bits per heavy atom. The molecule has 3 nitrogen and oxygen atoms in total. The average molecular weight is 264 g/mol. The summed E-state index contributed by atoms with van der Waals surface area (Å²) in [6.45, 7) is 2.89. The normalized spacial score (nSPS) is 19.6. The number of piperidine rings is 1. The van der Waals surface area contributed by atoms with Crippen LogP contribution in [0.2, 0.25) is 0 Å². The van der Waals surface area contributed by atoms with E-state index in [2.05, 4.69) is 22.3 Å². The summed E-state index contributed by atoms with van der Waals surface area (Å²) >= 11 is 5.41. The second-order valence-corrected chi connectivity index (χ2v) is 5.17. The zero-order chi connectivity index (χ0) is 12.8. The molecule has 1 atom stereocenters. The van der Waals surface area contributed by atoms with E-state index in [0.717, 1.165) is 37.6 Å². The fourth-order valence-electron chi connectivity index (χ4n) is 2.28. The highest BCUT2D eigenvalue weighted by molar-refractivity contribution is 7.80. The molecule has 1 fully saturated rings. The lowest BCUT2D eigenvalue weighted by molar-refractivity contribution is 0.160. The van der Waals surface area contributed by atoms with Gasteiger partial charge >= 0.3 is 0 Å². The molecular formula is C14H20N2OS. The van der Waals surface area contributed by atoms with Crippen LogP contribution < -0.4 is 5.32 Å². The first-order valence-electron chi connectivity index (χ1n) is 6.47. The van der Waals surface area contributed by atoms with Crippen LogP contribution in [0.5, 0.6) is 0 Å². The molecule has 0 spiro atoms. The van der Waals surface area contributed by atoms with Crippen LogP contribution in [0.1, 0.15) is 18.4 Å². The van der Waals surface area contributed by atoms with Crippen LogP contribution in [0.15, 0.2) is 30.3 Å². The molecule has 1 unspecified atom stereocenters. The van der Waals surface area contributed by atoms with E-state index < -0.39 is 0 Å². The van der Waals surface area contributed by atoms with Crippen LogP contribution in [0.25, 0.3) is 0 Å². The highest BCUT2D eigenvalue weighted by Gasteiger charge is 2.20. The average Bonchev–Trinajstić information content (AvgIpc) is 2.46. The lowest BCUT2D eigenvalue weighted by atomic mass is 9.99. The van der Waals surface area contributed by atoms with Gasteiger partial charge in [0.2, 0.25) is 0 Å². The van der Waals surface area contributed by atoms with Gasteiger partial charge in [0.15, 0.2) is 5.11 Å². The fraction of sp³-hybridized carbons (Fsp3) is 0.500. The summed E-state index contributed by atoms with van der Waals surface area (Å²) in [7, 11) is 0. The number of nitrogens with zero attached hydrogens (tertiary/aromatic N) is 1. The van der Waals surface area contributed by atoms with Crippen molar-refractivity contribution in [2.24, 2.45) is 5.92 Å². The molecule has 0 aromatic heterocycles. The van der Waals surface area contributed by atoms with Crippen LogP contribution in [0, 0.1) is 5.92 Å². The maximum Gasteiger partial charge on any atom is 0.169 e. The van der Waals surface area contributed by atoms with E-state index in [1.54, 1.807) is 0 Å². The van der Waals surface area contributed by atoms with Crippen LogP contribution in [-0.2, 0) is 6.54 Å². The first kappa shape index (κ1) is 13.3. The van der Waals surface area contributed by atoms with Gasteiger partial charge in [-0.1, -0.05) is 30.3 Å². The minimum absolute atomic E-state index is 0.262. The number of thiocarbonyl (C=S) groups is 1. The molecule has 0 saturated carbocycles. The monoisotopic (exact) mass is 264 g/mol. The summed E-state index contributed by atoms with van der Waals surface area (Å²) in [6, 6.07) is 10.2. The number of rotatable bonds is 3. The molecule has 4 heteroatoms. The molecule has 0 amide bonds. The van der Waals surface area contributed by atoms with Crippen LogP contribution in [0.3, 0.4) is 0 Å². The van der Waals surface area contributed by atoms with E-state index in [9.17, 15) is 5.11 Å². The summed E-state index contributed by atoms with van der Waals surface area (Å²) < 4.78 is 0. The summed E-state index contributed by atoms with van der Waals surface area (Å²) in [6.07, 6.45) is 2.21. The molecule has 0 aliphatic carbocycles. The SMILES string of the molecule is OCC1CCCN(C(=S)NCc2ccccc2)C1. The molecule has 0 bridgehead atoms. The summed E-state index contributed by atoms with van der Waals surface area (Å²) in [5.41, 5.74) is 1.23. The van der Waals surface area contributed by atoms with E-state index in [-0.39, 0.29) is 6.61 Å². The predicted molar refractivity (Wildman–Crippen MR) is 77.3 cm³/mol. The standard InChI is InChI=1S/C14H20N2OS/c17-11-13-7-4-8-16(10-13)14(18)15-9-12-5-2-1-3-6-12/h1-3,5-6,13,17H,4,7-11H2,(H,15,18). The third kappa shape index (κ3) is 3.68. The van der Waals surface area contributed by atoms with Crippen molar-refractivity contribution in [2.45, 2.75) is 19.4 Å². The summed E-state index contributed by atoms with van der Waals surface area (Å²) in [4.78, 5) is 2.17. The van der Waals surface area contributed by atoms with Crippen molar-refractivity contribution in [1.29, 1.82) is 0 Å². The molecule has 2 N–H and O–H groups in total. The van der Waals surface area contributed by atoms with E-state index in [1.807, 2.05) is 18.2 Å². The van der Waals surface area contributed by atoms with E-state index in [0.29, 0.717) is 5.92 Å². The number of nitrogens with one attached hydrogen (secondary N) is 1. The Kier molecular flexibility index (Phi) is 4.96. The smallest absolute Gasteiger partial charge is 0.169 e. The minimum atomic E-state index is 0.262. The first-order valence-corrected chi connectivity index (χ1v) is 6.88. The van der Waals surface area contributed by atoms with Gasteiger partial charge in [0.1, 0.15) is 0 Å². The minimum Gasteiger partial charge on any atom is -0.396 e. The zero-order valence-corrected chi connectivity index (χ0v) is 11.3. The van der Waals surface area contributed by atoms with Crippen molar-refractivity contribution in [2.75, 3.05) is 19.7 Å². The van der Waals surface area contributed by atoms with Crippen molar-refractivity contribution < 1.29 is 5.11 Å². The number of likely N-dealkylation sites (tertiary alicyclic amines) is 1. The van der Waals surface area contributed by atoms with Crippen LogP contribution in [-0.4, -0.2) is 34.8 Å². The number of aliphatic hydroxyl groups is 1. The van der Waals surface area contributed by atoms with Gasteiger partial charge < -0.3 is 15.3 Å². The number of hydrogen-bond donors (Lipinski definition) is 2. The van der Waals surface area contributed by atoms with Gasteiger partial charge in [-0.05, 0) is 36.5 Å². The molecule has 2 rings (SSSR count). The van der Waals surface area contributed by atoms with Crippen molar-refractivity contribution >= 4 is 17.3 Å². The number of aliphatic hydroxyl groups excluding tert-OH is 1. The topological polar surface area (TPSA) is 35.5 Å². The van der Waals surface area contributed by atoms with Crippen molar-refractivity contribution in [3.8, 4) is 0 Å². The van der Waals surface area contributed by atoms with E-state index in [1.165, 1.54) is 5.56 Å². The van der Waals surface area contributed by atoms with Crippen LogP contribution >= 0.6 is 12.2 Å². The molecule has 1 heterocycles.